The molecule has 1 aliphatic carbocycles. The van der Waals surface area contributed by atoms with Gasteiger partial charge in [-0.15, -0.1) is 24.0 Å². The molecule has 1 N–H and O–H groups in total. The first-order valence-electron chi connectivity index (χ1n) is 11.0. The molecule has 1 aromatic carbocycles. The minimum atomic E-state index is 0. The number of nitrogens with one attached hydrogen (secondary N) is 1. The Morgan fingerprint density at radius 2 is 1.87 bits per heavy atom. The second-order valence-electron chi connectivity index (χ2n) is 8.56. The van der Waals surface area contributed by atoms with Crippen molar-refractivity contribution in [1.82, 2.24) is 15.1 Å². The number of ether oxygens (including phenoxy) is 2. The van der Waals surface area contributed by atoms with E-state index in [-0.39, 0.29) is 24.0 Å². The summed E-state index contributed by atoms with van der Waals surface area (Å²) < 4.78 is 11.6. The number of rotatable bonds is 9. The Kier molecular flexibility index (Phi) is 10.8. The van der Waals surface area contributed by atoms with E-state index in [9.17, 15) is 0 Å². The van der Waals surface area contributed by atoms with Gasteiger partial charge in [0.05, 0.1) is 18.8 Å². The van der Waals surface area contributed by atoms with Crippen molar-refractivity contribution < 1.29 is 9.47 Å². The highest BCUT2D eigenvalue weighted by atomic mass is 127. The molecule has 170 valence electrons. The lowest BCUT2D eigenvalue weighted by Gasteiger charge is -2.35. The Hall–Kier alpha value is -0.900. The van der Waals surface area contributed by atoms with Gasteiger partial charge in [-0.05, 0) is 43.7 Å². The van der Waals surface area contributed by atoms with Gasteiger partial charge in [0, 0.05) is 53.4 Å². The van der Waals surface area contributed by atoms with Gasteiger partial charge in [0.25, 0.3) is 0 Å². The number of morpholine rings is 1. The van der Waals surface area contributed by atoms with Crippen molar-refractivity contribution >= 4 is 29.9 Å². The molecule has 0 aromatic heterocycles. The van der Waals surface area contributed by atoms with Crippen molar-refractivity contribution in [1.29, 1.82) is 0 Å². The third-order valence-electron chi connectivity index (χ3n) is 5.64. The lowest BCUT2D eigenvalue weighted by atomic mass is 10.1. The molecule has 1 saturated heterocycles. The molecule has 0 amide bonds. The third-order valence-corrected chi connectivity index (χ3v) is 5.64. The van der Waals surface area contributed by atoms with Crippen LogP contribution in [-0.2, 0) is 22.6 Å². The van der Waals surface area contributed by atoms with E-state index in [1.54, 1.807) is 0 Å². The van der Waals surface area contributed by atoms with Crippen LogP contribution < -0.4 is 5.32 Å². The van der Waals surface area contributed by atoms with E-state index < -0.39 is 0 Å². The summed E-state index contributed by atoms with van der Waals surface area (Å²) in [4.78, 5) is 9.08. The van der Waals surface area contributed by atoms with Crippen molar-refractivity contribution in [2.45, 2.75) is 52.0 Å². The Balaban J connectivity index is 0.00000320. The van der Waals surface area contributed by atoms with Gasteiger partial charge in [-0.3, -0.25) is 9.89 Å². The highest BCUT2D eigenvalue weighted by Crippen LogP contribution is 2.28. The molecule has 2 fully saturated rings. The SMILES string of the molecule is CN=C(NCc1ccccc1CN1CC(C)OC(C)C1)N(C)CCOCC1CC1.I. The lowest BCUT2D eigenvalue weighted by molar-refractivity contribution is -0.0705. The van der Waals surface area contributed by atoms with E-state index in [4.69, 9.17) is 9.47 Å². The zero-order valence-corrected chi connectivity index (χ0v) is 21.3. The molecular weight excluding hydrogens is 491 g/mol. The minimum Gasteiger partial charge on any atom is -0.379 e. The van der Waals surface area contributed by atoms with Crippen LogP contribution in [-0.4, -0.2) is 74.9 Å². The minimum absolute atomic E-state index is 0. The van der Waals surface area contributed by atoms with Crippen LogP contribution in [0.2, 0.25) is 0 Å². The molecule has 2 atom stereocenters. The molecule has 0 radical (unpaired) electrons. The van der Waals surface area contributed by atoms with Crippen LogP contribution in [0.5, 0.6) is 0 Å². The van der Waals surface area contributed by atoms with Gasteiger partial charge in [0.2, 0.25) is 0 Å². The summed E-state index contributed by atoms with van der Waals surface area (Å²) in [5.41, 5.74) is 2.69. The molecule has 1 aromatic rings. The van der Waals surface area contributed by atoms with Gasteiger partial charge in [0.15, 0.2) is 5.96 Å². The van der Waals surface area contributed by atoms with Crippen molar-refractivity contribution in [3.63, 3.8) is 0 Å². The van der Waals surface area contributed by atoms with Crippen molar-refractivity contribution in [3.05, 3.63) is 35.4 Å². The number of nitrogens with zero attached hydrogens (tertiary/aromatic N) is 3. The fraction of sp³-hybridized carbons (Fsp3) is 0.696. The van der Waals surface area contributed by atoms with Crippen LogP contribution in [0.25, 0.3) is 0 Å². The molecule has 1 aliphatic heterocycles. The topological polar surface area (TPSA) is 49.3 Å². The van der Waals surface area contributed by atoms with Gasteiger partial charge in [-0.2, -0.15) is 0 Å². The maximum atomic E-state index is 5.88. The van der Waals surface area contributed by atoms with Gasteiger partial charge >= 0.3 is 0 Å². The molecule has 0 bridgehead atoms. The number of halogens is 1. The van der Waals surface area contributed by atoms with Crippen LogP contribution in [0.3, 0.4) is 0 Å². The van der Waals surface area contributed by atoms with Gasteiger partial charge < -0.3 is 19.7 Å². The second kappa shape index (κ2) is 12.8. The van der Waals surface area contributed by atoms with Crippen LogP contribution in [0.15, 0.2) is 29.3 Å². The molecule has 3 rings (SSSR count). The first-order chi connectivity index (χ1) is 14.0. The molecule has 1 saturated carbocycles. The Labute approximate surface area is 199 Å². The summed E-state index contributed by atoms with van der Waals surface area (Å²) in [6.07, 6.45) is 3.25. The van der Waals surface area contributed by atoms with Crippen molar-refractivity contribution in [3.8, 4) is 0 Å². The highest BCUT2D eigenvalue weighted by molar-refractivity contribution is 14.0. The number of likely N-dealkylation sites (N-methyl/N-ethyl adjacent to an activating group) is 1. The Morgan fingerprint density at radius 1 is 1.20 bits per heavy atom. The highest BCUT2D eigenvalue weighted by Gasteiger charge is 2.23. The smallest absolute Gasteiger partial charge is 0.193 e. The van der Waals surface area contributed by atoms with Crippen LogP contribution in [0, 0.1) is 5.92 Å². The first kappa shape index (κ1) is 25.4. The molecule has 1 heterocycles. The van der Waals surface area contributed by atoms with Crippen molar-refractivity contribution in [2.75, 3.05) is 46.9 Å². The third kappa shape index (κ3) is 8.32. The number of guanidine groups is 1. The molecule has 7 heteroatoms. The van der Waals surface area contributed by atoms with E-state index >= 15 is 0 Å². The number of aliphatic imine (C=N–C) groups is 1. The van der Waals surface area contributed by atoms with E-state index in [2.05, 4.69) is 65.3 Å². The largest absolute Gasteiger partial charge is 0.379 e. The predicted octanol–water partition coefficient (Wildman–Crippen LogP) is 3.35. The zero-order chi connectivity index (χ0) is 20.6. The molecule has 30 heavy (non-hydrogen) atoms. The van der Waals surface area contributed by atoms with Gasteiger partial charge in [-0.1, -0.05) is 24.3 Å². The fourth-order valence-corrected chi connectivity index (χ4v) is 3.94. The maximum Gasteiger partial charge on any atom is 0.193 e. The Morgan fingerprint density at radius 3 is 2.50 bits per heavy atom. The molecule has 2 aliphatic rings. The summed E-state index contributed by atoms with van der Waals surface area (Å²) >= 11 is 0. The zero-order valence-electron chi connectivity index (χ0n) is 19.0. The van der Waals surface area contributed by atoms with E-state index in [0.717, 1.165) is 57.8 Å². The second-order valence-corrected chi connectivity index (χ2v) is 8.56. The number of benzene rings is 1. The molecule has 0 spiro atoms. The Bertz CT molecular complexity index is 658. The quantitative estimate of drug-likeness (QED) is 0.230. The van der Waals surface area contributed by atoms with Crippen LogP contribution >= 0.6 is 24.0 Å². The summed E-state index contributed by atoms with van der Waals surface area (Å²) in [6.45, 7) is 10.5. The number of hydrogen-bond acceptors (Lipinski definition) is 4. The first-order valence-corrected chi connectivity index (χ1v) is 11.0. The van der Waals surface area contributed by atoms with E-state index in [0.29, 0.717) is 12.2 Å². The van der Waals surface area contributed by atoms with Crippen LogP contribution in [0.1, 0.15) is 37.8 Å². The van der Waals surface area contributed by atoms with Gasteiger partial charge in [0.1, 0.15) is 0 Å². The number of hydrogen-bond donors (Lipinski definition) is 1. The van der Waals surface area contributed by atoms with Crippen LogP contribution in [0.4, 0.5) is 0 Å². The normalized spacial score (nSPS) is 22.5. The monoisotopic (exact) mass is 530 g/mol. The maximum absolute atomic E-state index is 5.88. The summed E-state index contributed by atoms with van der Waals surface area (Å²) in [5.74, 6) is 1.72. The molecular formula is C23H39IN4O2. The summed E-state index contributed by atoms with van der Waals surface area (Å²) in [6, 6.07) is 8.69. The average Bonchev–Trinajstić information content (AvgIpc) is 3.50. The van der Waals surface area contributed by atoms with Crippen molar-refractivity contribution in [2.24, 2.45) is 10.9 Å². The summed E-state index contributed by atoms with van der Waals surface area (Å²) in [5, 5.41) is 3.52. The predicted molar refractivity (Wildman–Crippen MR) is 134 cm³/mol. The van der Waals surface area contributed by atoms with E-state index in [1.807, 2.05) is 7.05 Å². The fourth-order valence-electron chi connectivity index (χ4n) is 3.94. The standard InChI is InChI=1S/C23H38N4O2.HI/c1-18-14-27(15-19(2)29-18)16-22-8-6-5-7-21(22)13-25-23(24-3)26(4)11-12-28-17-20-9-10-20;/h5-8,18-20H,9-17H2,1-4H3,(H,24,25);1H. The molecule has 6 nitrogen and oxygen atoms in total. The van der Waals surface area contributed by atoms with Gasteiger partial charge in [-0.25, -0.2) is 0 Å². The lowest BCUT2D eigenvalue weighted by Crippen LogP contribution is -2.45. The molecule has 2 unspecified atom stereocenters. The summed E-state index contributed by atoms with van der Waals surface area (Å²) in [7, 11) is 3.91. The average molecular weight is 530 g/mol. The van der Waals surface area contributed by atoms with E-state index in [1.165, 1.54) is 24.0 Å².